The summed E-state index contributed by atoms with van der Waals surface area (Å²) in [5, 5.41) is 9.78. The van der Waals surface area contributed by atoms with Gasteiger partial charge in [-0.1, -0.05) is 6.07 Å². The van der Waals surface area contributed by atoms with E-state index >= 15 is 0 Å². The standard InChI is InChI=1S/C21H28N2O2/c1-13-8-14(2)10-19(9-13)23-15(3)11-20(16(23)4)21(25)22-7-6-18(12-22)17(5)24/h8-11,17-18,24H,6-7,12H2,1-5H3. The molecule has 4 nitrogen and oxygen atoms in total. The largest absolute Gasteiger partial charge is 0.393 e. The molecular weight excluding hydrogens is 312 g/mol. The number of aliphatic hydroxyl groups is 1. The van der Waals surface area contributed by atoms with Crippen molar-refractivity contribution in [2.24, 2.45) is 5.92 Å². The Labute approximate surface area is 150 Å². The Bertz CT molecular complexity index is 784. The second-order valence-corrected chi connectivity index (χ2v) is 7.51. The summed E-state index contributed by atoms with van der Waals surface area (Å²) in [5.74, 6) is 0.263. The Kier molecular flexibility index (Phi) is 4.74. The van der Waals surface area contributed by atoms with Crippen molar-refractivity contribution in [3.8, 4) is 5.69 Å². The molecule has 134 valence electrons. The highest BCUT2D eigenvalue weighted by atomic mass is 16.3. The number of aromatic nitrogens is 1. The van der Waals surface area contributed by atoms with Crippen LogP contribution in [0.1, 0.15) is 46.2 Å². The van der Waals surface area contributed by atoms with Gasteiger partial charge in [-0.25, -0.2) is 0 Å². The molecule has 25 heavy (non-hydrogen) atoms. The third kappa shape index (κ3) is 3.36. The number of benzene rings is 1. The molecule has 0 spiro atoms. The first-order valence-electron chi connectivity index (χ1n) is 9.03. The molecule has 2 atom stereocenters. The molecule has 0 radical (unpaired) electrons. The quantitative estimate of drug-likeness (QED) is 0.929. The van der Waals surface area contributed by atoms with Crippen molar-refractivity contribution in [3.63, 3.8) is 0 Å². The van der Waals surface area contributed by atoms with Gasteiger partial charge in [0.05, 0.1) is 11.7 Å². The fourth-order valence-corrected chi connectivity index (χ4v) is 3.99. The van der Waals surface area contributed by atoms with Crippen molar-refractivity contribution in [2.45, 2.75) is 47.1 Å². The summed E-state index contributed by atoms with van der Waals surface area (Å²) in [4.78, 5) is 14.9. The number of amides is 1. The van der Waals surface area contributed by atoms with E-state index in [4.69, 9.17) is 0 Å². The summed E-state index contributed by atoms with van der Waals surface area (Å²) in [7, 11) is 0. The van der Waals surface area contributed by atoms with Crippen LogP contribution in [-0.4, -0.2) is 39.7 Å². The fourth-order valence-electron chi connectivity index (χ4n) is 3.99. The zero-order chi connectivity index (χ0) is 18.3. The fraction of sp³-hybridized carbons (Fsp3) is 0.476. The first-order valence-corrected chi connectivity index (χ1v) is 9.03. The highest BCUT2D eigenvalue weighted by molar-refractivity contribution is 5.96. The van der Waals surface area contributed by atoms with E-state index < -0.39 is 0 Å². The van der Waals surface area contributed by atoms with Gasteiger partial charge in [-0.05, 0) is 70.4 Å². The van der Waals surface area contributed by atoms with Crippen molar-refractivity contribution < 1.29 is 9.90 Å². The number of nitrogens with zero attached hydrogens (tertiary/aromatic N) is 2. The Morgan fingerprint density at radius 2 is 1.76 bits per heavy atom. The number of likely N-dealkylation sites (tertiary alicyclic amines) is 1. The van der Waals surface area contributed by atoms with E-state index in [1.165, 1.54) is 11.1 Å². The Morgan fingerprint density at radius 3 is 2.32 bits per heavy atom. The van der Waals surface area contributed by atoms with E-state index in [0.717, 1.165) is 35.6 Å². The predicted molar refractivity (Wildman–Crippen MR) is 100 cm³/mol. The molecule has 3 rings (SSSR count). The lowest BCUT2D eigenvalue weighted by Gasteiger charge is -2.18. The minimum absolute atomic E-state index is 0.0758. The maximum Gasteiger partial charge on any atom is 0.255 e. The molecule has 0 bridgehead atoms. The van der Waals surface area contributed by atoms with E-state index in [1.54, 1.807) is 0 Å². The Morgan fingerprint density at radius 1 is 1.12 bits per heavy atom. The van der Waals surface area contributed by atoms with E-state index in [2.05, 4.69) is 36.6 Å². The molecule has 1 aromatic heterocycles. The topological polar surface area (TPSA) is 45.5 Å². The lowest BCUT2D eigenvalue weighted by molar-refractivity contribution is 0.0762. The van der Waals surface area contributed by atoms with Crippen LogP contribution in [0.3, 0.4) is 0 Å². The van der Waals surface area contributed by atoms with Crippen molar-refractivity contribution in [3.05, 3.63) is 52.3 Å². The molecule has 1 aliphatic rings. The molecule has 1 N–H and O–H groups in total. The molecule has 1 fully saturated rings. The zero-order valence-corrected chi connectivity index (χ0v) is 15.8. The first-order chi connectivity index (χ1) is 11.8. The Hall–Kier alpha value is -2.07. The molecule has 1 amide bonds. The van der Waals surface area contributed by atoms with Gasteiger partial charge < -0.3 is 14.6 Å². The van der Waals surface area contributed by atoms with E-state index in [0.29, 0.717) is 6.54 Å². The van der Waals surface area contributed by atoms with Gasteiger partial charge in [-0.2, -0.15) is 0 Å². The van der Waals surface area contributed by atoms with E-state index in [1.807, 2.05) is 31.7 Å². The Balaban J connectivity index is 1.93. The van der Waals surface area contributed by atoms with Gasteiger partial charge in [0.2, 0.25) is 0 Å². The summed E-state index contributed by atoms with van der Waals surface area (Å²) in [6.45, 7) is 11.4. The molecule has 0 saturated carbocycles. The minimum Gasteiger partial charge on any atom is -0.393 e. The zero-order valence-electron chi connectivity index (χ0n) is 15.8. The number of aryl methyl sites for hydroxylation is 3. The molecule has 0 aliphatic carbocycles. The number of hydrogen-bond acceptors (Lipinski definition) is 2. The molecule has 2 heterocycles. The summed E-state index contributed by atoms with van der Waals surface area (Å²) in [5.41, 5.74) is 6.35. The van der Waals surface area contributed by atoms with Gasteiger partial charge in [0.1, 0.15) is 0 Å². The first kappa shape index (κ1) is 17.7. The SMILES string of the molecule is Cc1cc(C)cc(-n2c(C)cc(C(=O)N3CCC(C(C)O)C3)c2C)c1. The van der Waals surface area contributed by atoms with Gasteiger partial charge in [-0.15, -0.1) is 0 Å². The highest BCUT2D eigenvalue weighted by Crippen LogP contribution is 2.26. The minimum atomic E-state index is -0.361. The maximum absolute atomic E-state index is 13.0. The van der Waals surface area contributed by atoms with Gasteiger partial charge in [-0.3, -0.25) is 4.79 Å². The van der Waals surface area contributed by atoms with Crippen LogP contribution >= 0.6 is 0 Å². The molecule has 1 aromatic carbocycles. The summed E-state index contributed by atoms with van der Waals surface area (Å²) in [6.07, 6.45) is 0.514. The highest BCUT2D eigenvalue weighted by Gasteiger charge is 2.31. The summed E-state index contributed by atoms with van der Waals surface area (Å²) in [6, 6.07) is 8.45. The molecule has 1 saturated heterocycles. The molecule has 4 heteroatoms. The average Bonchev–Trinajstić information content (AvgIpc) is 3.11. The van der Waals surface area contributed by atoms with Crippen molar-refractivity contribution in [1.82, 2.24) is 9.47 Å². The monoisotopic (exact) mass is 340 g/mol. The van der Waals surface area contributed by atoms with Gasteiger partial charge in [0.25, 0.3) is 5.91 Å². The summed E-state index contributed by atoms with van der Waals surface area (Å²) < 4.78 is 2.16. The van der Waals surface area contributed by atoms with Crippen molar-refractivity contribution in [2.75, 3.05) is 13.1 Å². The third-order valence-electron chi connectivity index (χ3n) is 5.32. The van der Waals surface area contributed by atoms with Crippen molar-refractivity contribution >= 4 is 5.91 Å². The normalized spacial score (nSPS) is 18.6. The van der Waals surface area contributed by atoms with Gasteiger partial charge in [0.15, 0.2) is 0 Å². The summed E-state index contributed by atoms with van der Waals surface area (Å²) >= 11 is 0. The molecule has 2 unspecified atom stereocenters. The average molecular weight is 340 g/mol. The van der Waals surface area contributed by atoms with Crippen LogP contribution in [0.15, 0.2) is 24.3 Å². The molecular formula is C21H28N2O2. The number of rotatable bonds is 3. The maximum atomic E-state index is 13.0. The predicted octanol–water partition coefficient (Wildman–Crippen LogP) is 3.55. The van der Waals surface area contributed by atoms with Crippen LogP contribution in [0.5, 0.6) is 0 Å². The van der Waals surface area contributed by atoms with Crippen molar-refractivity contribution in [1.29, 1.82) is 0 Å². The van der Waals surface area contributed by atoms with E-state index in [9.17, 15) is 9.90 Å². The lowest BCUT2D eigenvalue weighted by atomic mass is 10.0. The number of carbonyl (C=O) groups excluding carboxylic acids is 1. The van der Waals surface area contributed by atoms with Crippen LogP contribution in [0.2, 0.25) is 0 Å². The van der Waals surface area contributed by atoms with Gasteiger partial charge in [0, 0.05) is 36.1 Å². The van der Waals surface area contributed by atoms with Crippen LogP contribution in [0, 0.1) is 33.6 Å². The second-order valence-electron chi connectivity index (χ2n) is 7.51. The van der Waals surface area contributed by atoms with Crippen LogP contribution in [0.4, 0.5) is 0 Å². The number of hydrogen-bond donors (Lipinski definition) is 1. The lowest BCUT2D eigenvalue weighted by Crippen LogP contribution is -2.30. The van der Waals surface area contributed by atoms with Crippen LogP contribution in [-0.2, 0) is 0 Å². The molecule has 2 aromatic rings. The number of aliphatic hydroxyl groups excluding tert-OH is 1. The number of carbonyl (C=O) groups is 1. The smallest absolute Gasteiger partial charge is 0.255 e. The second kappa shape index (κ2) is 6.68. The van der Waals surface area contributed by atoms with E-state index in [-0.39, 0.29) is 17.9 Å². The third-order valence-corrected chi connectivity index (χ3v) is 5.32. The molecule has 1 aliphatic heterocycles. The van der Waals surface area contributed by atoms with Gasteiger partial charge >= 0.3 is 0 Å². The van der Waals surface area contributed by atoms with Crippen LogP contribution in [0.25, 0.3) is 5.69 Å². The van der Waals surface area contributed by atoms with Crippen LogP contribution < -0.4 is 0 Å².